The first kappa shape index (κ1) is 16.1. The van der Waals surface area contributed by atoms with Gasteiger partial charge in [-0.05, 0) is 49.4 Å². The number of benzene rings is 1. The van der Waals surface area contributed by atoms with Crippen LogP contribution in [0.25, 0.3) is 0 Å². The molecule has 4 N–H and O–H groups in total. The number of ether oxygens (including phenoxy) is 1. The van der Waals surface area contributed by atoms with Gasteiger partial charge in [0.25, 0.3) is 0 Å². The number of nitrogens with one attached hydrogen (secondary N) is 2. The van der Waals surface area contributed by atoms with Gasteiger partial charge >= 0.3 is 6.09 Å². The molecule has 1 aliphatic rings. The highest BCUT2D eigenvalue weighted by Gasteiger charge is 2.20. The minimum atomic E-state index is -0.534. The van der Waals surface area contributed by atoms with E-state index in [4.69, 9.17) is 10.5 Å². The second kappa shape index (κ2) is 7.21. The molecule has 3 rings (SSSR count). The van der Waals surface area contributed by atoms with E-state index in [1.807, 2.05) is 6.07 Å². The number of nitrogens with two attached hydrogens (primary N) is 1. The Morgan fingerprint density at radius 1 is 1.33 bits per heavy atom. The molecular formula is C18H22N4O2. The van der Waals surface area contributed by atoms with Gasteiger partial charge < -0.3 is 15.8 Å². The highest BCUT2D eigenvalue weighted by molar-refractivity contribution is 5.88. The predicted octanol–water partition coefficient (Wildman–Crippen LogP) is 3.72. The molecule has 0 aliphatic heterocycles. The molecule has 0 spiro atoms. The van der Waals surface area contributed by atoms with E-state index in [1.165, 1.54) is 11.1 Å². The summed E-state index contributed by atoms with van der Waals surface area (Å²) in [6.07, 6.45) is 2.79. The van der Waals surface area contributed by atoms with Crippen molar-refractivity contribution < 1.29 is 9.53 Å². The smallest absolute Gasteiger partial charge is 0.411 e. The minimum absolute atomic E-state index is 0.228. The van der Waals surface area contributed by atoms with E-state index >= 15 is 0 Å². The standard InChI is InChI=1S/C18H22N4O2/c1-2-24-18(23)21-15-10-11-16(22-17(15)19)20-14-9-5-7-12-6-3-4-8-13(12)14/h3-4,6,8,10-11,14H,2,5,7,9H2,1H3,(H,21,23)(H3,19,20,22). The predicted molar refractivity (Wildman–Crippen MR) is 95.0 cm³/mol. The molecule has 6 nitrogen and oxygen atoms in total. The van der Waals surface area contributed by atoms with Gasteiger partial charge in [0.05, 0.1) is 18.3 Å². The maximum Gasteiger partial charge on any atom is 0.411 e. The number of hydrogen-bond acceptors (Lipinski definition) is 5. The molecule has 24 heavy (non-hydrogen) atoms. The Hall–Kier alpha value is -2.76. The number of pyridine rings is 1. The third-order valence-electron chi connectivity index (χ3n) is 4.13. The molecule has 1 aromatic carbocycles. The van der Waals surface area contributed by atoms with Gasteiger partial charge in [0.15, 0.2) is 0 Å². The van der Waals surface area contributed by atoms with Crippen molar-refractivity contribution in [1.29, 1.82) is 0 Å². The number of amides is 1. The van der Waals surface area contributed by atoms with Crippen LogP contribution in [-0.2, 0) is 11.2 Å². The molecule has 2 aromatic rings. The Labute approximate surface area is 141 Å². The topological polar surface area (TPSA) is 89.3 Å². The van der Waals surface area contributed by atoms with Gasteiger partial charge in [0.1, 0.15) is 11.6 Å². The molecule has 0 saturated heterocycles. The van der Waals surface area contributed by atoms with Crippen LogP contribution in [0.3, 0.4) is 0 Å². The van der Waals surface area contributed by atoms with Gasteiger partial charge in [-0.1, -0.05) is 24.3 Å². The Kier molecular flexibility index (Phi) is 4.84. The number of nitrogen functional groups attached to an aromatic ring is 1. The summed E-state index contributed by atoms with van der Waals surface area (Å²) in [6, 6.07) is 12.3. The largest absolute Gasteiger partial charge is 0.450 e. The summed E-state index contributed by atoms with van der Waals surface area (Å²) in [5, 5.41) is 6.03. The highest BCUT2D eigenvalue weighted by Crippen LogP contribution is 2.32. The number of aryl methyl sites for hydroxylation is 1. The molecule has 0 fully saturated rings. The van der Waals surface area contributed by atoms with Crippen molar-refractivity contribution in [3.63, 3.8) is 0 Å². The zero-order valence-electron chi connectivity index (χ0n) is 13.7. The first-order chi connectivity index (χ1) is 11.7. The number of rotatable bonds is 4. The fraction of sp³-hybridized carbons (Fsp3) is 0.333. The molecule has 0 bridgehead atoms. The molecule has 1 aromatic heterocycles. The van der Waals surface area contributed by atoms with Crippen LogP contribution < -0.4 is 16.4 Å². The molecule has 126 valence electrons. The monoisotopic (exact) mass is 326 g/mol. The van der Waals surface area contributed by atoms with Crippen molar-refractivity contribution in [3.05, 3.63) is 47.5 Å². The van der Waals surface area contributed by atoms with Gasteiger partial charge in [-0.15, -0.1) is 0 Å². The Morgan fingerprint density at radius 2 is 2.17 bits per heavy atom. The van der Waals surface area contributed by atoms with E-state index in [1.54, 1.807) is 13.0 Å². The lowest BCUT2D eigenvalue weighted by Crippen LogP contribution is -2.19. The maximum absolute atomic E-state index is 11.5. The zero-order valence-corrected chi connectivity index (χ0v) is 13.7. The van der Waals surface area contributed by atoms with Gasteiger partial charge in [0.2, 0.25) is 0 Å². The molecular weight excluding hydrogens is 304 g/mol. The summed E-state index contributed by atoms with van der Waals surface area (Å²) >= 11 is 0. The number of anilines is 3. The molecule has 1 unspecified atom stereocenters. The van der Waals surface area contributed by atoms with Gasteiger partial charge in [0, 0.05) is 0 Å². The quantitative estimate of drug-likeness (QED) is 0.797. The maximum atomic E-state index is 11.5. The first-order valence-corrected chi connectivity index (χ1v) is 8.22. The molecule has 6 heteroatoms. The lowest BCUT2D eigenvalue weighted by Gasteiger charge is -2.27. The van der Waals surface area contributed by atoms with Crippen molar-refractivity contribution in [2.75, 3.05) is 23.0 Å². The van der Waals surface area contributed by atoms with Gasteiger partial charge in [-0.25, -0.2) is 9.78 Å². The lowest BCUT2D eigenvalue weighted by molar-refractivity contribution is 0.168. The van der Waals surface area contributed by atoms with Crippen LogP contribution in [0.4, 0.5) is 22.1 Å². The third-order valence-corrected chi connectivity index (χ3v) is 4.13. The average Bonchev–Trinajstić information content (AvgIpc) is 2.58. The molecule has 1 aliphatic carbocycles. The van der Waals surface area contributed by atoms with Crippen LogP contribution in [-0.4, -0.2) is 17.7 Å². The number of carbonyl (C=O) groups is 1. The lowest BCUT2D eigenvalue weighted by atomic mass is 9.88. The Bertz CT molecular complexity index is 733. The summed E-state index contributed by atoms with van der Waals surface area (Å²) in [4.78, 5) is 15.8. The molecule has 0 radical (unpaired) electrons. The van der Waals surface area contributed by atoms with Crippen LogP contribution in [0.2, 0.25) is 0 Å². The molecule has 0 saturated carbocycles. The number of hydrogen-bond donors (Lipinski definition) is 3. The number of fused-ring (bicyclic) bond motifs is 1. The van der Waals surface area contributed by atoms with Crippen LogP contribution in [0.15, 0.2) is 36.4 Å². The van der Waals surface area contributed by atoms with Crippen molar-refractivity contribution in [2.24, 2.45) is 0 Å². The highest BCUT2D eigenvalue weighted by atomic mass is 16.5. The van der Waals surface area contributed by atoms with Crippen LogP contribution >= 0.6 is 0 Å². The van der Waals surface area contributed by atoms with Crippen LogP contribution in [0.5, 0.6) is 0 Å². The Morgan fingerprint density at radius 3 is 2.96 bits per heavy atom. The summed E-state index contributed by atoms with van der Waals surface area (Å²) in [7, 11) is 0. The fourth-order valence-electron chi connectivity index (χ4n) is 3.02. The summed E-state index contributed by atoms with van der Waals surface area (Å²) < 4.78 is 4.84. The van der Waals surface area contributed by atoms with Gasteiger partial charge in [-0.2, -0.15) is 0 Å². The van der Waals surface area contributed by atoms with Crippen LogP contribution in [0.1, 0.15) is 36.9 Å². The summed E-state index contributed by atoms with van der Waals surface area (Å²) in [5.41, 5.74) is 9.09. The fourth-order valence-corrected chi connectivity index (χ4v) is 3.02. The van der Waals surface area contributed by atoms with E-state index in [0.717, 1.165) is 19.3 Å². The number of aromatic nitrogens is 1. The van der Waals surface area contributed by atoms with Gasteiger partial charge in [-0.3, -0.25) is 5.32 Å². The second-order valence-corrected chi connectivity index (χ2v) is 5.76. The summed E-state index contributed by atoms with van der Waals surface area (Å²) in [5.74, 6) is 0.959. The van der Waals surface area contributed by atoms with E-state index < -0.39 is 6.09 Å². The second-order valence-electron chi connectivity index (χ2n) is 5.76. The first-order valence-electron chi connectivity index (χ1n) is 8.22. The molecule has 1 heterocycles. The van der Waals surface area contributed by atoms with Crippen molar-refractivity contribution in [3.8, 4) is 0 Å². The zero-order chi connectivity index (χ0) is 16.9. The van der Waals surface area contributed by atoms with Crippen LogP contribution in [0, 0.1) is 0 Å². The minimum Gasteiger partial charge on any atom is -0.450 e. The van der Waals surface area contributed by atoms with E-state index in [0.29, 0.717) is 18.1 Å². The van der Waals surface area contributed by atoms with E-state index in [9.17, 15) is 4.79 Å². The summed E-state index contributed by atoms with van der Waals surface area (Å²) in [6.45, 7) is 2.05. The number of carbonyl (C=O) groups excluding carboxylic acids is 1. The van der Waals surface area contributed by atoms with Crippen molar-refractivity contribution >= 4 is 23.4 Å². The number of nitrogens with zero attached hydrogens (tertiary/aromatic N) is 1. The molecule has 1 atom stereocenters. The third kappa shape index (κ3) is 3.59. The average molecular weight is 326 g/mol. The van der Waals surface area contributed by atoms with E-state index in [-0.39, 0.29) is 11.9 Å². The SMILES string of the molecule is CCOC(=O)Nc1ccc(NC2CCCc3ccccc32)nc1N. The Balaban J connectivity index is 1.73. The molecule has 1 amide bonds. The van der Waals surface area contributed by atoms with Crippen molar-refractivity contribution in [2.45, 2.75) is 32.2 Å². The van der Waals surface area contributed by atoms with E-state index in [2.05, 4.69) is 39.9 Å². The normalized spacial score (nSPS) is 16.1. The van der Waals surface area contributed by atoms with Crippen molar-refractivity contribution in [1.82, 2.24) is 4.98 Å².